The van der Waals surface area contributed by atoms with Crippen LogP contribution in [0.15, 0.2) is 12.1 Å². The highest BCUT2D eigenvalue weighted by molar-refractivity contribution is 5.94. The Morgan fingerprint density at radius 1 is 0.882 bits per heavy atom. The SMILES string of the molecule is CC(C)(C)OC(=O)N[C@@H]1CCCN(C(=O)c2nc(C(F)(F)F)n3c2CN(C(=O)C[C@@H](Cc2cc(F)c(F)cc2F)NC(=O)OC(C)(C)C)CC3)C1. The lowest BCUT2D eigenvalue weighted by Gasteiger charge is -2.34. The number of aromatic nitrogens is 2. The molecule has 0 bridgehead atoms. The van der Waals surface area contributed by atoms with E-state index in [1.807, 2.05) is 0 Å². The number of hydrogen-bond donors (Lipinski definition) is 2. The first kappa shape index (κ1) is 39.3. The number of alkyl halides is 3. The van der Waals surface area contributed by atoms with E-state index in [9.17, 15) is 45.5 Å². The van der Waals surface area contributed by atoms with Crippen molar-refractivity contribution in [2.45, 2.75) is 110 Å². The molecule has 2 N–H and O–H groups in total. The van der Waals surface area contributed by atoms with Crippen LogP contribution in [0.3, 0.4) is 0 Å². The molecule has 0 saturated carbocycles. The monoisotopic (exact) mass is 732 g/mol. The summed E-state index contributed by atoms with van der Waals surface area (Å²) >= 11 is 0. The summed E-state index contributed by atoms with van der Waals surface area (Å²) in [5.74, 6) is -6.74. The second kappa shape index (κ2) is 15.0. The lowest BCUT2D eigenvalue weighted by Crippen LogP contribution is -2.51. The average Bonchev–Trinajstić information content (AvgIpc) is 3.37. The number of amides is 4. The van der Waals surface area contributed by atoms with E-state index in [1.54, 1.807) is 41.5 Å². The molecule has 18 heteroatoms. The zero-order chi connectivity index (χ0) is 38.1. The standard InChI is InChI=1S/C33H42F6N6O6/c1-31(2,3)50-29(48)40-19-8-7-9-44(16-19)27(47)26-24-17-43(10-11-45(24)28(42-26)33(37,38)39)25(46)14-20(41-30(49)51-32(4,5)6)12-18-13-22(35)23(36)15-21(18)34/h13,15,19-20H,7-12,14,16-17H2,1-6H3,(H,40,48)(H,41,49)/t19-,20-/m1/s1. The fourth-order valence-corrected chi connectivity index (χ4v) is 5.85. The largest absolute Gasteiger partial charge is 0.449 e. The van der Waals surface area contributed by atoms with Gasteiger partial charge >= 0.3 is 18.4 Å². The summed E-state index contributed by atoms with van der Waals surface area (Å²) in [6.45, 7) is 8.87. The molecule has 1 saturated heterocycles. The number of nitrogens with zero attached hydrogens (tertiary/aromatic N) is 4. The van der Waals surface area contributed by atoms with Gasteiger partial charge in [0.25, 0.3) is 5.91 Å². The molecule has 3 heterocycles. The average molecular weight is 733 g/mol. The van der Waals surface area contributed by atoms with Gasteiger partial charge in [-0.2, -0.15) is 13.2 Å². The minimum Gasteiger partial charge on any atom is -0.444 e. The van der Waals surface area contributed by atoms with E-state index >= 15 is 0 Å². The van der Waals surface area contributed by atoms with Gasteiger partial charge in [0.05, 0.1) is 12.2 Å². The second-order valence-electron chi connectivity index (χ2n) is 14.5. The number of imidazole rings is 1. The molecule has 0 spiro atoms. The highest BCUT2D eigenvalue weighted by atomic mass is 19.4. The molecule has 4 rings (SSSR count). The van der Waals surface area contributed by atoms with Crippen molar-refractivity contribution in [1.29, 1.82) is 0 Å². The third kappa shape index (κ3) is 10.5. The Hall–Kier alpha value is -4.51. The molecule has 0 unspecified atom stereocenters. The van der Waals surface area contributed by atoms with Crippen molar-refractivity contribution in [3.63, 3.8) is 0 Å². The molecule has 1 fully saturated rings. The normalized spacial score (nSPS) is 17.4. The molecule has 4 amide bonds. The van der Waals surface area contributed by atoms with E-state index in [0.29, 0.717) is 25.0 Å². The fourth-order valence-electron chi connectivity index (χ4n) is 5.85. The molecule has 1 aromatic carbocycles. The van der Waals surface area contributed by atoms with Crippen molar-refractivity contribution in [2.75, 3.05) is 19.6 Å². The Labute approximate surface area is 290 Å². The van der Waals surface area contributed by atoms with Gasteiger partial charge in [0.15, 0.2) is 17.3 Å². The van der Waals surface area contributed by atoms with E-state index < -0.39 is 102 Å². The Kier molecular flexibility index (Phi) is 11.5. The number of benzene rings is 1. The predicted octanol–water partition coefficient (Wildman–Crippen LogP) is 5.32. The first-order chi connectivity index (χ1) is 23.5. The highest BCUT2D eigenvalue weighted by Gasteiger charge is 2.43. The van der Waals surface area contributed by atoms with Crippen LogP contribution in [-0.4, -0.2) is 86.3 Å². The van der Waals surface area contributed by atoms with E-state index in [4.69, 9.17) is 9.47 Å². The minimum absolute atomic E-state index is 0.0209. The van der Waals surface area contributed by atoms with Crippen LogP contribution in [0, 0.1) is 17.5 Å². The number of likely N-dealkylation sites (tertiary alicyclic amines) is 1. The molecule has 12 nitrogen and oxygen atoms in total. The van der Waals surface area contributed by atoms with Crippen LogP contribution in [0.4, 0.5) is 35.9 Å². The van der Waals surface area contributed by atoms with Gasteiger partial charge in [-0.1, -0.05) is 0 Å². The number of carbonyl (C=O) groups excluding carboxylic acids is 4. The molecule has 0 aliphatic carbocycles. The van der Waals surface area contributed by atoms with Gasteiger partial charge in [-0.25, -0.2) is 27.7 Å². The Morgan fingerprint density at radius 3 is 2.14 bits per heavy atom. The lowest BCUT2D eigenvalue weighted by molar-refractivity contribution is -0.148. The number of ether oxygens (including phenoxy) is 2. The first-order valence-electron chi connectivity index (χ1n) is 16.4. The predicted molar refractivity (Wildman–Crippen MR) is 169 cm³/mol. The van der Waals surface area contributed by atoms with Gasteiger partial charge in [0.1, 0.15) is 17.0 Å². The molecule has 2 aliphatic rings. The van der Waals surface area contributed by atoms with Crippen molar-refractivity contribution < 1.29 is 55.0 Å². The van der Waals surface area contributed by atoms with Crippen molar-refractivity contribution in [3.8, 4) is 0 Å². The number of hydrogen-bond acceptors (Lipinski definition) is 7. The molecule has 2 atom stereocenters. The van der Waals surface area contributed by atoms with Gasteiger partial charge < -0.3 is 34.5 Å². The lowest BCUT2D eigenvalue weighted by atomic mass is 10.0. The van der Waals surface area contributed by atoms with E-state index in [-0.39, 0.29) is 37.4 Å². The molecular weight excluding hydrogens is 690 g/mol. The number of alkyl carbamates (subject to hydrolysis) is 2. The minimum atomic E-state index is -4.93. The van der Waals surface area contributed by atoms with E-state index in [0.717, 1.165) is 4.57 Å². The summed E-state index contributed by atoms with van der Waals surface area (Å²) in [6, 6.07) is -0.820. The quantitative estimate of drug-likeness (QED) is 0.291. The maximum atomic E-state index is 14.6. The number of carbonyl (C=O) groups is 4. The highest BCUT2D eigenvalue weighted by Crippen LogP contribution is 2.33. The zero-order valence-electron chi connectivity index (χ0n) is 29.2. The maximum absolute atomic E-state index is 14.6. The summed E-state index contributed by atoms with van der Waals surface area (Å²) in [5, 5.41) is 5.12. The summed E-state index contributed by atoms with van der Waals surface area (Å²) in [5.41, 5.74) is -2.76. The van der Waals surface area contributed by atoms with Gasteiger partial charge in [0, 0.05) is 50.7 Å². The maximum Gasteiger partial charge on any atom is 0.449 e. The summed E-state index contributed by atoms with van der Waals surface area (Å²) in [4.78, 5) is 58.4. The van der Waals surface area contributed by atoms with Gasteiger partial charge in [-0.05, 0) is 72.4 Å². The van der Waals surface area contributed by atoms with Crippen LogP contribution < -0.4 is 10.6 Å². The summed E-state index contributed by atoms with van der Waals surface area (Å²) in [7, 11) is 0. The molecular formula is C33H42F6N6O6. The van der Waals surface area contributed by atoms with Crippen molar-refractivity contribution in [2.24, 2.45) is 0 Å². The van der Waals surface area contributed by atoms with Crippen LogP contribution in [0.25, 0.3) is 0 Å². The molecule has 51 heavy (non-hydrogen) atoms. The summed E-state index contributed by atoms with van der Waals surface area (Å²) < 4.78 is 95.8. The van der Waals surface area contributed by atoms with Crippen molar-refractivity contribution in [1.82, 2.24) is 30.0 Å². The third-order valence-corrected chi connectivity index (χ3v) is 7.94. The number of piperidine rings is 1. The van der Waals surface area contributed by atoms with E-state index in [2.05, 4.69) is 15.6 Å². The van der Waals surface area contributed by atoms with Gasteiger partial charge in [0.2, 0.25) is 11.7 Å². The van der Waals surface area contributed by atoms with Crippen LogP contribution in [-0.2, 0) is 40.0 Å². The van der Waals surface area contributed by atoms with Crippen molar-refractivity contribution in [3.05, 3.63) is 52.4 Å². The second-order valence-corrected chi connectivity index (χ2v) is 14.5. The number of nitrogens with one attached hydrogen (secondary N) is 2. The first-order valence-corrected chi connectivity index (χ1v) is 16.4. The van der Waals surface area contributed by atoms with Crippen molar-refractivity contribution >= 4 is 24.0 Å². The number of fused-ring (bicyclic) bond motifs is 1. The Bertz CT molecular complexity index is 1650. The van der Waals surface area contributed by atoms with E-state index in [1.165, 1.54) is 9.80 Å². The zero-order valence-corrected chi connectivity index (χ0v) is 29.2. The smallest absolute Gasteiger partial charge is 0.444 e. The van der Waals surface area contributed by atoms with Gasteiger partial charge in [-0.3, -0.25) is 9.59 Å². The van der Waals surface area contributed by atoms with Crippen LogP contribution in [0.1, 0.15) is 88.4 Å². The Morgan fingerprint density at radius 2 is 1.51 bits per heavy atom. The molecule has 0 radical (unpaired) electrons. The van der Waals surface area contributed by atoms with Gasteiger partial charge in [-0.15, -0.1) is 0 Å². The molecule has 282 valence electrons. The summed E-state index contributed by atoms with van der Waals surface area (Å²) in [6.07, 6.45) is -6.69. The molecule has 1 aromatic heterocycles. The van der Waals surface area contributed by atoms with Crippen LogP contribution >= 0.6 is 0 Å². The molecule has 2 aromatic rings. The third-order valence-electron chi connectivity index (χ3n) is 7.94. The van der Waals surface area contributed by atoms with Crippen LogP contribution in [0.5, 0.6) is 0 Å². The fraction of sp³-hybridized carbons (Fsp3) is 0.606. The Balaban J connectivity index is 1.56. The topological polar surface area (TPSA) is 135 Å². The molecule has 2 aliphatic heterocycles. The van der Waals surface area contributed by atoms with Crippen LogP contribution in [0.2, 0.25) is 0 Å². The number of halogens is 6. The number of rotatable bonds is 7.